The van der Waals surface area contributed by atoms with Gasteiger partial charge in [-0.05, 0) is 35.3 Å². The summed E-state index contributed by atoms with van der Waals surface area (Å²) in [5.74, 6) is -0.0496. The van der Waals surface area contributed by atoms with Crippen LogP contribution in [0.2, 0.25) is 0 Å². The van der Waals surface area contributed by atoms with Gasteiger partial charge >= 0.3 is 0 Å². The molecule has 0 spiro atoms. The number of rotatable bonds is 8. The monoisotopic (exact) mass is 400 g/mol. The van der Waals surface area contributed by atoms with Gasteiger partial charge in [0.1, 0.15) is 10.7 Å². The van der Waals surface area contributed by atoms with Crippen LogP contribution in [-0.4, -0.2) is 40.7 Å². The first-order valence-electron chi connectivity index (χ1n) is 6.05. The van der Waals surface area contributed by atoms with E-state index in [1.54, 1.807) is 0 Å². The van der Waals surface area contributed by atoms with Crippen molar-refractivity contribution in [3.8, 4) is 0 Å². The number of nitrogens with one attached hydrogen (secondary N) is 2. The molecule has 120 valence electrons. The van der Waals surface area contributed by atoms with Crippen LogP contribution >= 0.6 is 15.9 Å². The molecule has 4 N–H and O–H groups in total. The fraction of sp³-hybridized carbons (Fsp3) is 0.500. The van der Waals surface area contributed by atoms with Gasteiger partial charge in [-0.1, -0.05) is 0 Å². The Bertz CT molecular complexity index is 691. The van der Waals surface area contributed by atoms with Gasteiger partial charge in [0.25, 0.3) is 0 Å². The standard InChI is InChI=1S/C10H17BrN4O4S2/c1-2-13-10-9(6-8(11)7-14-10)21(18,19)15-4-3-5-20(12,16)17/h6-7,15H,2-5H2,1H3,(H,13,14)(H2,12,16,17). The third-order valence-corrected chi connectivity index (χ3v) is 5.12. The molecule has 11 heteroatoms. The van der Waals surface area contributed by atoms with Gasteiger partial charge in [-0.25, -0.2) is 31.7 Å². The Hall–Kier alpha value is -0.750. The second kappa shape index (κ2) is 7.49. The van der Waals surface area contributed by atoms with Crippen LogP contribution in [0.5, 0.6) is 0 Å². The van der Waals surface area contributed by atoms with Crippen LogP contribution in [0.1, 0.15) is 13.3 Å². The Balaban J connectivity index is 2.85. The van der Waals surface area contributed by atoms with Gasteiger partial charge < -0.3 is 5.32 Å². The van der Waals surface area contributed by atoms with Crippen molar-refractivity contribution < 1.29 is 16.8 Å². The number of pyridine rings is 1. The Labute approximate surface area is 132 Å². The van der Waals surface area contributed by atoms with Crippen molar-refractivity contribution in [3.05, 3.63) is 16.7 Å². The van der Waals surface area contributed by atoms with Gasteiger partial charge in [0.2, 0.25) is 20.0 Å². The maximum Gasteiger partial charge on any atom is 0.244 e. The minimum absolute atomic E-state index is 0.00525. The molecule has 0 amide bonds. The summed E-state index contributed by atoms with van der Waals surface area (Å²) in [5.41, 5.74) is 0. The highest BCUT2D eigenvalue weighted by atomic mass is 79.9. The third kappa shape index (κ3) is 6.26. The van der Waals surface area contributed by atoms with Crippen molar-refractivity contribution in [2.45, 2.75) is 18.2 Å². The number of anilines is 1. The highest BCUT2D eigenvalue weighted by Gasteiger charge is 2.19. The molecule has 1 aromatic heterocycles. The normalized spacial score (nSPS) is 12.3. The molecular weight excluding hydrogens is 384 g/mol. The minimum Gasteiger partial charge on any atom is -0.369 e. The lowest BCUT2D eigenvalue weighted by Crippen LogP contribution is -2.28. The number of sulfonamides is 2. The second-order valence-corrected chi connectivity index (χ2v) is 8.53. The van der Waals surface area contributed by atoms with Crippen molar-refractivity contribution in [2.75, 3.05) is 24.2 Å². The molecule has 0 aliphatic carbocycles. The smallest absolute Gasteiger partial charge is 0.244 e. The van der Waals surface area contributed by atoms with Crippen LogP contribution in [0, 0.1) is 0 Å². The maximum atomic E-state index is 12.2. The van der Waals surface area contributed by atoms with E-state index < -0.39 is 20.0 Å². The lowest BCUT2D eigenvalue weighted by Gasteiger charge is -2.11. The number of hydrogen-bond donors (Lipinski definition) is 3. The Morgan fingerprint density at radius 3 is 2.57 bits per heavy atom. The van der Waals surface area contributed by atoms with Crippen LogP contribution in [-0.2, 0) is 20.0 Å². The molecule has 1 rings (SSSR count). The second-order valence-electron chi connectivity index (χ2n) is 4.15. The molecule has 1 aromatic rings. The van der Waals surface area contributed by atoms with Gasteiger partial charge in [-0.15, -0.1) is 0 Å². The largest absolute Gasteiger partial charge is 0.369 e. The fourth-order valence-corrected chi connectivity index (χ4v) is 3.74. The number of aromatic nitrogens is 1. The predicted octanol–water partition coefficient (Wildman–Crippen LogP) is 0.233. The SMILES string of the molecule is CCNc1ncc(Br)cc1S(=O)(=O)NCCCS(N)(=O)=O. The van der Waals surface area contributed by atoms with Gasteiger partial charge in [-0.3, -0.25) is 0 Å². The molecule has 1 heterocycles. The molecule has 0 atom stereocenters. The third-order valence-electron chi connectivity index (χ3n) is 2.35. The first kappa shape index (κ1) is 18.3. The maximum absolute atomic E-state index is 12.2. The molecule has 0 radical (unpaired) electrons. The van der Waals surface area contributed by atoms with E-state index in [1.807, 2.05) is 6.92 Å². The fourth-order valence-electron chi connectivity index (χ4n) is 1.48. The molecule has 0 bridgehead atoms. The Morgan fingerprint density at radius 1 is 1.33 bits per heavy atom. The van der Waals surface area contributed by atoms with E-state index in [4.69, 9.17) is 5.14 Å². The lowest BCUT2D eigenvalue weighted by molar-refractivity contribution is 0.576. The van der Waals surface area contributed by atoms with Crippen LogP contribution in [0.4, 0.5) is 5.82 Å². The number of hydrogen-bond acceptors (Lipinski definition) is 6. The zero-order chi connectivity index (χ0) is 16.1. The Morgan fingerprint density at radius 2 is 2.00 bits per heavy atom. The number of primary sulfonamides is 1. The predicted molar refractivity (Wildman–Crippen MR) is 83.9 cm³/mol. The van der Waals surface area contributed by atoms with Crippen molar-refractivity contribution in [2.24, 2.45) is 5.14 Å². The van der Waals surface area contributed by atoms with Crippen molar-refractivity contribution in [1.82, 2.24) is 9.71 Å². The van der Waals surface area contributed by atoms with Gasteiger partial charge in [0.15, 0.2) is 0 Å². The average molecular weight is 401 g/mol. The van der Waals surface area contributed by atoms with Crippen molar-refractivity contribution in [1.29, 1.82) is 0 Å². The summed E-state index contributed by atoms with van der Waals surface area (Å²) in [5, 5.41) is 7.71. The number of nitrogens with zero attached hydrogens (tertiary/aromatic N) is 1. The van der Waals surface area contributed by atoms with Gasteiger partial charge in [-0.2, -0.15) is 0 Å². The molecule has 0 saturated heterocycles. The van der Waals surface area contributed by atoms with E-state index in [1.165, 1.54) is 12.3 Å². The summed E-state index contributed by atoms with van der Waals surface area (Å²) in [4.78, 5) is 4.00. The summed E-state index contributed by atoms with van der Waals surface area (Å²) >= 11 is 3.17. The van der Waals surface area contributed by atoms with E-state index in [9.17, 15) is 16.8 Å². The van der Waals surface area contributed by atoms with E-state index in [0.717, 1.165) is 0 Å². The molecular formula is C10H17BrN4O4S2. The summed E-state index contributed by atoms with van der Waals surface area (Å²) in [6.45, 7) is 2.30. The highest BCUT2D eigenvalue weighted by molar-refractivity contribution is 9.10. The minimum atomic E-state index is -3.79. The van der Waals surface area contributed by atoms with Crippen molar-refractivity contribution in [3.63, 3.8) is 0 Å². The molecule has 8 nitrogen and oxygen atoms in total. The molecule has 0 saturated carbocycles. The highest BCUT2D eigenvalue weighted by Crippen LogP contribution is 2.22. The topological polar surface area (TPSA) is 131 Å². The lowest BCUT2D eigenvalue weighted by atomic mass is 10.4. The summed E-state index contributed by atoms with van der Waals surface area (Å²) in [6, 6.07) is 1.42. The number of halogens is 1. The summed E-state index contributed by atoms with van der Waals surface area (Å²) in [6.07, 6.45) is 1.58. The zero-order valence-corrected chi connectivity index (χ0v) is 14.6. The number of nitrogens with two attached hydrogens (primary N) is 1. The summed E-state index contributed by atoms with van der Waals surface area (Å²) in [7, 11) is -7.39. The van der Waals surface area contributed by atoms with Crippen LogP contribution < -0.4 is 15.2 Å². The quantitative estimate of drug-likeness (QED) is 0.535. The Kier molecular flexibility index (Phi) is 6.53. The molecule has 0 unspecified atom stereocenters. The summed E-state index contributed by atoms with van der Waals surface area (Å²) < 4.78 is 48.8. The molecule has 0 aromatic carbocycles. The molecule has 0 aliphatic rings. The van der Waals surface area contributed by atoms with E-state index in [-0.39, 0.29) is 29.4 Å². The zero-order valence-electron chi connectivity index (χ0n) is 11.3. The van der Waals surface area contributed by atoms with Gasteiger partial charge in [0.05, 0.1) is 5.75 Å². The first-order chi connectivity index (χ1) is 9.65. The molecule has 0 aliphatic heterocycles. The van der Waals surface area contributed by atoms with Crippen LogP contribution in [0.25, 0.3) is 0 Å². The average Bonchev–Trinajstić information content (AvgIpc) is 2.36. The van der Waals surface area contributed by atoms with Crippen LogP contribution in [0.3, 0.4) is 0 Å². The molecule has 0 fully saturated rings. The van der Waals surface area contributed by atoms with Gasteiger partial charge in [0, 0.05) is 23.8 Å². The van der Waals surface area contributed by atoms with E-state index in [0.29, 0.717) is 11.0 Å². The molecule has 21 heavy (non-hydrogen) atoms. The van der Waals surface area contributed by atoms with E-state index in [2.05, 4.69) is 31.0 Å². The van der Waals surface area contributed by atoms with Crippen molar-refractivity contribution >= 4 is 41.8 Å². The van der Waals surface area contributed by atoms with Crippen LogP contribution in [0.15, 0.2) is 21.6 Å². The first-order valence-corrected chi connectivity index (χ1v) is 10.0. The van der Waals surface area contributed by atoms with E-state index >= 15 is 0 Å².